The maximum atomic E-state index is 6.33. The van der Waals surface area contributed by atoms with Crippen LogP contribution in [0, 0.1) is 0 Å². The van der Waals surface area contributed by atoms with Crippen LogP contribution in [0.4, 0.5) is 17.1 Å². The number of benzene rings is 8. The average molecular weight is 653 g/mol. The van der Waals surface area contributed by atoms with Gasteiger partial charge in [-0.25, -0.2) is 0 Å². The highest BCUT2D eigenvalue weighted by molar-refractivity contribution is 6.13. The van der Waals surface area contributed by atoms with Crippen molar-refractivity contribution in [1.82, 2.24) is 4.57 Å². The molecule has 0 atom stereocenters. The Labute approximate surface area is 296 Å². The Morgan fingerprint density at radius 2 is 0.824 bits per heavy atom. The number of hydrogen-bond donors (Lipinski definition) is 0. The van der Waals surface area contributed by atoms with E-state index in [1.54, 1.807) is 0 Å². The second-order valence-electron chi connectivity index (χ2n) is 13.0. The molecule has 1 aromatic heterocycles. The molecule has 0 saturated heterocycles. The molecule has 0 amide bonds. The van der Waals surface area contributed by atoms with Gasteiger partial charge in [0.1, 0.15) is 0 Å². The Morgan fingerprint density at radius 1 is 0.353 bits per heavy atom. The first kappa shape index (κ1) is 29.1. The summed E-state index contributed by atoms with van der Waals surface area (Å²) in [6.45, 7) is 0. The predicted octanol–water partition coefficient (Wildman–Crippen LogP) is 13.4. The van der Waals surface area contributed by atoms with Crippen molar-refractivity contribution in [2.24, 2.45) is 0 Å². The average Bonchev–Trinajstić information content (AvgIpc) is 3.55. The number of nitrogens with zero attached hydrogens (tertiary/aromatic N) is 2. The van der Waals surface area contributed by atoms with Crippen molar-refractivity contribution in [3.63, 3.8) is 0 Å². The Morgan fingerprint density at radius 3 is 1.41 bits per heavy atom. The fourth-order valence-corrected chi connectivity index (χ4v) is 7.51. The van der Waals surface area contributed by atoms with Crippen molar-refractivity contribution >= 4 is 38.9 Å². The van der Waals surface area contributed by atoms with E-state index >= 15 is 0 Å². The highest BCUT2D eigenvalue weighted by Gasteiger charge is 2.23. The Balaban J connectivity index is 1.04. The van der Waals surface area contributed by atoms with Crippen LogP contribution in [0.25, 0.3) is 60.9 Å². The van der Waals surface area contributed by atoms with Crippen LogP contribution < -0.4 is 9.64 Å². The first-order valence-electron chi connectivity index (χ1n) is 17.3. The van der Waals surface area contributed by atoms with Crippen molar-refractivity contribution < 1.29 is 4.74 Å². The van der Waals surface area contributed by atoms with Gasteiger partial charge in [0, 0.05) is 27.8 Å². The fraction of sp³-hybridized carbons (Fsp3) is 0. The lowest BCUT2D eigenvalue weighted by Gasteiger charge is -2.26. The number of aromatic nitrogens is 1. The number of ether oxygens (including phenoxy) is 1. The zero-order valence-corrected chi connectivity index (χ0v) is 27.8. The van der Waals surface area contributed by atoms with Crippen molar-refractivity contribution in [2.45, 2.75) is 0 Å². The summed E-state index contributed by atoms with van der Waals surface area (Å²) < 4.78 is 8.68. The van der Waals surface area contributed by atoms with E-state index < -0.39 is 0 Å². The van der Waals surface area contributed by atoms with Crippen LogP contribution in [0.2, 0.25) is 0 Å². The van der Waals surface area contributed by atoms with Crippen LogP contribution in [0.3, 0.4) is 0 Å². The molecular weight excluding hydrogens is 621 g/mol. The molecule has 0 spiro atoms. The molecule has 0 saturated carbocycles. The third kappa shape index (κ3) is 4.98. The molecule has 0 unspecified atom stereocenters. The third-order valence-electron chi connectivity index (χ3n) is 10.0. The van der Waals surface area contributed by atoms with Crippen LogP contribution in [-0.2, 0) is 0 Å². The summed E-state index contributed by atoms with van der Waals surface area (Å²) in [5, 5.41) is 2.41. The van der Waals surface area contributed by atoms with Crippen LogP contribution in [0.1, 0.15) is 0 Å². The van der Waals surface area contributed by atoms with Gasteiger partial charge in [0.05, 0.1) is 16.7 Å². The summed E-state index contributed by atoms with van der Waals surface area (Å²) in [5.41, 5.74) is 13.8. The van der Waals surface area contributed by atoms with Crippen LogP contribution in [0.15, 0.2) is 194 Å². The van der Waals surface area contributed by atoms with Crippen LogP contribution in [0.5, 0.6) is 11.5 Å². The van der Waals surface area contributed by atoms with Gasteiger partial charge in [0.15, 0.2) is 11.5 Å². The van der Waals surface area contributed by atoms with E-state index in [0.29, 0.717) is 0 Å². The molecule has 1 aliphatic rings. The van der Waals surface area contributed by atoms with Gasteiger partial charge in [0.25, 0.3) is 0 Å². The molecule has 240 valence electrons. The zero-order chi connectivity index (χ0) is 33.7. The quantitative estimate of drug-likeness (QED) is 0.178. The van der Waals surface area contributed by atoms with Gasteiger partial charge in [-0.3, -0.25) is 0 Å². The number of rotatable bonds is 6. The maximum Gasteiger partial charge on any atom is 0.152 e. The SMILES string of the molecule is c1ccc(-c2ccc(N(c3ccc(-c4ccccc4)cc3)c3ccc(-c4ccc5c(c4)c4cccc6c4n5-c4ccccc4O6)cc3)cc2)cc1. The predicted molar refractivity (Wildman–Crippen MR) is 212 cm³/mol. The zero-order valence-electron chi connectivity index (χ0n) is 27.8. The largest absolute Gasteiger partial charge is 0.453 e. The van der Waals surface area contributed by atoms with Gasteiger partial charge in [-0.15, -0.1) is 0 Å². The van der Waals surface area contributed by atoms with Crippen molar-refractivity contribution in [3.8, 4) is 50.6 Å². The molecule has 3 nitrogen and oxygen atoms in total. The summed E-state index contributed by atoms with van der Waals surface area (Å²) in [5.74, 6) is 1.77. The van der Waals surface area contributed by atoms with Gasteiger partial charge in [-0.1, -0.05) is 127 Å². The lowest BCUT2D eigenvalue weighted by Crippen LogP contribution is -2.09. The Hall–Kier alpha value is -6.84. The van der Waals surface area contributed by atoms with E-state index in [2.05, 4.69) is 191 Å². The summed E-state index contributed by atoms with van der Waals surface area (Å²) in [7, 11) is 0. The number of para-hydroxylation sites is 3. The monoisotopic (exact) mass is 652 g/mol. The molecule has 1 aliphatic heterocycles. The number of fused-ring (bicyclic) bond motifs is 5. The van der Waals surface area contributed by atoms with Crippen molar-refractivity contribution in [3.05, 3.63) is 194 Å². The molecule has 2 heterocycles. The summed E-state index contributed by atoms with van der Waals surface area (Å²) in [4.78, 5) is 2.33. The summed E-state index contributed by atoms with van der Waals surface area (Å²) in [6, 6.07) is 69.1. The lowest BCUT2D eigenvalue weighted by atomic mass is 10.0. The van der Waals surface area contributed by atoms with E-state index in [1.807, 2.05) is 12.1 Å². The maximum absolute atomic E-state index is 6.33. The molecule has 10 rings (SSSR count). The Kier molecular flexibility index (Phi) is 6.81. The number of anilines is 3. The van der Waals surface area contributed by atoms with Gasteiger partial charge in [-0.2, -0.15) is 0 Å². The lowest BCUT2D eigenvalue weighted by molar-refractivity contribution is 0.476. The molecule has 3 heteroatoms. The molecular formula is C48H32N2O. The fourth-order valence-electron chi connectivity index (χ4n) is 7.51. The van der Waals surface area contributed by atoms with Gasteiger partial charge < -0.3 is 14.2 Å². The van der Waals surface area contributed by atoms with Crippen LogP contribution >= 0.6 is 0 Å². The molecule has 0 fully saturated rings. The van der Waals surface area contributed by atoms with E-state index in [4.69, 9.17) is 4.74 Å². The molecule has 51 heavy (non-hydrogen) atoms. The second-order valence-corrected chi connectivity index (χ2v) is 13.0. The molecule has 0 radical (unpaired) electrons. The smallest absolute Gasteiger partial charge is 0.152 e. The van der Waals surface area contributed by atoms with E-state index in [9.17, 15) is 0 Å². The third-order valence-corrected chi connectivity index (χ3v) is 10.0. The Bertz CT molecular complexity index is 2590. The number of hydrogen-bond acceptors (Lipinski definition) is 2. The minimum absolute atomic E-state index is 0.878. The van der Waals surface area contributed by atoms with E-state index in [0.717, 1.165) is 39.8 Å². The highest BCUT2D eigenvalue weighted by Crippen LogP contribution is 2.46. The van der Waals surface area contributed by atoms with E-state index in [1.165, 1.54) is 49.7 Å². The van der Waals surface area contributed by atoms with Gasteiger partial charge in [-0.05, 0) is 100 Å². The summed E-state index contributed by atoms with van der Waals surface area (Å²) >= 11 is 0. The van der Waals surface area contributed by atoms with Gasteiger partial charge in [0.2, 0.25) is 0 Å². The molecule has 0 N–H and O–H groups in total. The first-order chi connectivity index (χ1) is 25.3. The van der Waals surface area contributed by atoms with Gasteiger partial charge >= 0.3 is 0 Å². The van der Waals surface area contributed by atoms with Crippen molar-refractivity contribution in [1.29, 1.82) is 0 Å². The first-order valence-corrected chi connectivity index (χ1v) is 17.3. The molecule has 8 aromatic carbocycles. The molecule has 0 bridgehead atoms. The molecule has 0 aliphatic carbocycles. The topological polar surface area (TPSA) is 17.4 Å². The van der Waals surface area contributed by atoms with E-state index in [-0.39, 0.29) is 0 Å². The minimum atomic E-state index is 0.878. The molecule has 9 aromatic rings. The van der Waals surface area contributed by atoms with Crippen LogP contribution in [-0.4, -0.2) is 4.57 Å². The highest BCUT2D eigenvalue weighted by atomic mass is 16.5. The second kappa shape index (κ2) is 11.9. The normalized spacial score (nSPS) is 11.7. The minimum Gasteiger partial charge on any atom is -0.453 e. The summed E-state index contributed by atoms with van der Waals surface area (Å²) in [6.07, 6.45) is 0. The van der Waals surface area contributed by atoms with Crippen molar-refractivity contribution in [2.75, 3.05) is 4.90 Å². The standard InChI is InChI=1S/C48H32N2O/c1-3-10-33(11-4-1)35-18-25-39(26-19-35)49(40-27-20-36(21-28-40)34-12-5-2-6-13-34)41-29-22-37(23-30-41)38-24-31-44-43(32-38)42-14-9-17-47-48(42)50(44)45-15-7-8-16-46(45)51-47/h1-32H.